The van der Waals surface area contributed by atoms with Crippen LogP contribution >= 0.6 is 22.6 Å². The number of nitrogen functional groups attached to an aromatic ring is 1. The maximum absolute atomic E-state index is 12.2. The van der Waals surface area contributed by atoms with Gasteiger partial charge in [0.15, 0.2) is 10.8 Å². The Kier molecular flexibility index (Phi) is 3.48. The Balaban J connectivity index is 2.39. The fourth-order valence-corrected chi connectivity index (χ4v) is 3.35. The number of benzene rings is 1. The van der Waals surface area contributed by atoms with Crippen molar-refractivity contribution < 1.29 is 8.42 Å². The molecule has 0 atom stereocenters. The van der Waals surface area contributed by atoms with Gasteiger partial charge in [0.2, 0.25) is 0 Å². The summed E-state index contributed by atoms with van der Waals surface area (Å²) in [6, 6.07) is 7.04. The zero-order chi connectivity index (χ0) is 13.3. The van der Waals surface area contributed by atoms with Crippen LogP contribution in [0.15, 0.2) is 35.6 Å². The number of hydrogen-bond acceptors (Lipinski definition) is 4. The lowest BCUT2D eigenvalue weighted by Crippen LogP contribution is -2.17. The van der Waals surface area contributed by atoms with Gasteiger partial charge in [-0.25, -0.2) is 4.98 Å². The van der Waals surface area contributed by atoms with Crippen LogP contribution in [0, 0.1) is 3.57 Å². The van der Waals surface area contributed by atoms with Crippen molar-refractivity contribution in [3.8, 4) is 0 Å². The van der Waals surface area contributed by atoms with E-state index in [1.54, 1.807) is 25.2 Å². The molecule has 0 amide bonds. The molecule has 1 aromatic heterocycles. The van der Waals surface area contributed by atoms with Gasteiger partial charge in [-0.2, -0.15) is 8.42 Å². The highest BCUT2D eigenvalue weighted by atomic mass is 127. The van der Waals surface area contributed by atoms with Crippen molar-refractivity contribution in [2.75, 3.05) is 10.5 Å². The average molecular weight is 378 g/mol. The summed E-state index contributed by atoms with van der Waals surface area (Å²) in [6.07, 6.45) is 1.36. The molecule has 0 fully saturated rings. The van der Waals surface area contributed by atoms with Crippen LogP contribution in [0.2, 0.25) is 0 Å². The zero-order valence-corrected chi connectivity index (χ0v) is 12.4. The summed E-state index contributed by atoms with van der Waals surface area (Å²) in [5, 5.41) is -0.0404. The lowest BCUT2D eigenvalue weighted by atomic mass is 10.3. The van der Waals surface area contributed by atoms with Crippen molar-refractivity contribution in [2.24, 2.45) is 7.05 Å². The minimum atomic E-state index is -3.73. The first-order valence-corrected chi connectivity index (χ1v) is 7.51. The van der Waals surface area contributed by atoms with Crippen molar-refractivity contribution in [1.82, 2.24) is 9.55 Å². The van der Waals surface area contributed by atoms with Crippen LogP contribution in [0.5, 0.6) is 0 Å². The zero-order valence-electron chi connectivity index (χ0n) is 9.46. The highest BCUT2D eigenvalue weighted by molar-refractivity contribution is 14.1. The van der Waals surface area contributed by atoms with Gasteiger partial charge in [-0.3, -0.25) is 4.72 Å². The summed E-state index contributed by atoms with van der Waals surface area (Å²) < 4.78 is 29.1. The van der Waals surface area contributed by atoms with Crippen molar-refractivity contribution in [3.63, 3.8) is 0 Å². The van der Waals surface area contributed by atoms with E-state index in [1.165, 1.54) is 10.9 Å². The number of halogens is 1. The molecule has 0 unspecified atom stereocenters. The molecule has 0 saturated carbocycles. The van der Waals surface area contributed by atoms with Gasteiger partial charge < -0.3 is 10.3 Å². The number of hydrogen-bond donors (Lipinski definition) is 2. The van der Waals surface area contributed by atoms with E-state index < -0.39 is 10.0 Å². The van der Waals surface area contributed by atoms with Crippen LogP contribution in [0.25, 0.3) is 0 Å². The SMILES string of the molecule is Cn1cnc(N)c1S(=O)(=O)Nc1cccc(I)c1. The smallest absolute Gasteiger partial charge is 0.281 e. The van der Waals surface area contributed by atoms with E-state index in [0.29, 0.717) is 5.69 Å². The van der Waals surface area contributed by atoms with Crippen molar-refractivity contribution in [3.05, 3.63) is 34.2 Å². The van der Waals surface area contributed by atoms with E-state index in [0.717, 1.165) is 3.57 Å². The molecule has 0 aliphatic heterocycles. The van der Waals surface area contributed by atoms with Crippen LogP contribution < -0.4 is 10.5 Å². The van der Waals surface area contributed by atoms with Crippen LogP contribution in [0.4, 0.5) is 11.5 Å². The molecule has 18 heavy (non-hydrogen) atoms. The van der Waals surface area contributed by atoms with Gasteiger partial charge in [0.05, 0.1) is 6.33 Å². The number of imidazole rings is 1. The first-order chi connectivity index (χ1) is 8.40. The van der Waals surface area contributed by atoms with E-state index in [9.17, 15) is 8.42 Å². The van der Waals surface area contributed by atoms with Crippen molar-refractivity contribution >= 4 is 44.1 Å². The minimum absolute atomic E-state index is 0.0179. The third kappa shape index (κ3) is 2.58. The molecule has 0 bridgehead atoms. The number of nitrogens with one attached hydrogen (secondary N) is 1. The number of aryl methyl sites for hydroxylation is 1. The molecule has 0 aliphatic rings. The summed E-state index contributed by atoms with van der Waals surface area (Å²) in [7, 11) is -2.15. The molecule has 8 heteroatoms. The van der Waals surface area contributed by atoms with Gasteiger partial charge in [0, 0.05) is 16.3 Å². The molecule has 6 nitrogen and oxygen atoms in total. The number of anilines is 2. The summed E-state index contributed by atoms with van der Waals surface area (Å²) in [4.78, 5) is 3.76. The number of nitrogens with zero attached hydrogens (tertiary/aromatic N) is 2. The van der Waals surface area contributed by atoms with Crippen molar-refractivity contribution in [2.45, 2.75) is 5.03 Å². The van der Waals surface area contributed by atoms with Gasteiger partial charge in [0.25, 0.3) is 10.0 Å². The van der Waals surface area contributed by atoms with E-state index in [2.05, 4.69) is 32.3 Å². The second kappa shape index (κ2) is 4.76. The first-order valence-electron chi connectivity index (χ1n) is 4.95. The Labute approximate surface area is 118 Å². The monoisotopic (exact) mass is 378 g/mol. The minimum Gasteiger partial charge on any atom is -0.381 e. The molecular weight excluding hydrogens is 367 g/mol. The lowest BCUT2D eigenvalue weighted by molar-refractivity contribution is 0.592. The predicted molar refractivity (Wildman–Crippen MR) is 77.6 cm³/mol. The van der Waals surface area contributed by atoms with E-state index in [1.807, 2.05) is 6.07 Å². The fraction of sp³-hybridized carbons (Fsp3) is 0.100. The number of nitrogens with two attached hydrogens (primary N) is 1. The molecule has 0 radical (unpaired) electrons. The molecular formula is C10H11IN4O2S. The Morgan fingerprint density at radius 3 is 2.72 bits per heavy atom. The third-order valence-corrected chi connectivity index (χ3v) is 4.42. The van der Waals surface area contributed by atoms with Gasteiger partial charge in [0.1, 0.15) is 0 Å². The van der Waals surface area contributed by atoms with Gasteiger partial charge >= 0.3 is 0 Å². The second-order valence-electron chi connectivity index (χ2n) is 3.66. The van der Waals surface area contributed by atoms with E-state index >= 15 is 0 Å². The van der Waals surface area contributed by atoms with E-state index in [-0.39, 0.29) is 10.8 Å². The Morgan fingerprint density at radius 2 is 2.17 bits per heavy atom. The van der Waals surface area contributed by atoms with Crippen LogP contribution in [0.1, 0.15) is 0 Å². The quantitative estimate of drug-likeness (QED) is 0.791. The summed E-state index contributed by atoms with van der Waals surface area (Å²) >= 11 is 2.11. The molecule has 1 aromatic carbocycles. The Hall–Kier alpha value is -1.29. The molecule has 2 rings (SSSR count). The van der Waals surface area contributed by atoms with Crippen LogP contribution in [0.3, 0.4) is 0 Å². The summed E-state index contributed by atoms with van der Waals surface area (Å²) in [6.45, 7) is 0. The van der Waals surface area contributed by atoms with Gasteiger partial charge in [-0.05, 0) is 40.8 Å². The first kappa shape index (κ1) is 13.1. The lowest BCUT2D eigenvalue weighted by Gasteiger charge is -2.09. The second-order valence-corrected chi connectivity index (χ2v) is 6.51. The topological polar surface area (TPSA) is 90.0 Å². The van der Waals surface area contributed by atoms with Gasteiger partial charge in [-0.15, -0.1) is 0 Å². The maximum atomic E-state index is 12.2. The molecule has 2 aromatic rings. The Morgan fingerprint density at radius 1 is 1.44 bits per heavy atom. The summed E-state index contributed by atoms with van der Waals surface area (Å²) in [5.74, 6) is -0.0179. The molecule has 0 saturated heterocycles. The number of sulfonamides is 1. The fourth-order valence-electron chi connectivity index (χ4n) is 1.52. The average Bonchev–Trinajstić information content (AvgIpc) is 2.58. The maximum Gasteiger partial charge on any atom is 0.281 e. The van der Waals surface area contributed by atoms with Crippen molar-refractivity contribution in [1.29, 1.82) is 0 Å². The highest BCUT2D eigenvalue weighted by Crippen LogP contribution is 2.20. The largest absolute Gasteiger partial charge is 0.381 e. The molecule has 0 spiro atoms. The predicted octanol–water partition coefficient (Wildman–Crippen LogP) is 1.41. The molecule has 3 N–H and O–H groups in total. The van der Waals surface area contributed by atoms with Crippen LogP contribution in [-0.2, 0) is 17.1 Å². The Bertz CT molecular complexity index is 661. The number of aromatic nitrogens is 2. The molecule has 96 valence electrons. The van der Waals surface area contributed by atoms with Crippen LogP contribution in [-0.4, -0.2) is 18.0 Å². The standard InChI is InChI=1S/C10H11IN4O2S/c1-15-6-13-9(12)10(15)18(16,17)14-8-4-2-3-7(11)5-8/h2-6,14H,12H2,1H3. The molecule has 1 heterocycles. The molecule has 0 aliphatic carbocycles. The normalized spacial score (nSPS) is 11.4. The highest BCUT2D eigenvalue weighted by Gasteiger charge is 2.22. The summed E-state index contributed by atoms with van der Waals surface area (Å²) in [5.41, 5.74) is 6.05. The van der Waals surface area contributed by atoms with Gasteiger partial charge in [-0.1, -0.05) is 6.07 Å². The third-order valence-electron chi connectivity index (χ3n) is 2.24. The number of rotatable bonds is 3. The van der Waals surface area contributed by atoms with E-state index in [4.69, 9.17) is 5.73 Å².